The zero-order chi connectivity index (χ0) is 14.7. The van der Waals surface area contributed by atoms with Gasteiger partial charge in [0, 0.05) is 24.0 Å². The third-order valence-electron chi connectivity index (χ3n) is 5.40. The van der Waals surface area contributed by atoms with Crippen LogP contribution in [0.4, 0.5) is 0 Å². The molecule has 2 saturated heterocycles. The Bertz CT molecular complexity index is 445. The van der Waals surface area contributed by atoms with E-state index in [1.807, 2.05) is 11.8 Å². The highest BCUT2D eigenvalue weighted by Gasteiger charge is 2.37. The average molecular weight is 305 g/mol. The van der Waals surface area contributed by atoms with Gasteiger partial charge in [0.05, 0.1) is 0 Å². The average Bonchev–Trinajstić information content (AvgIpc) is 2.55. The van der Waals surface area contributed by atoms with Gasteiger partial charge in [-0.1, -0.05) is 12.1 Å². The molecule has 1 N–H and O–H groups in total. The number of hydrogen-bond donors (Lipinski definition) is 1. The van der Waals surface area contributed by atoms with Crippen LogP contribution in [0.5, 0.6) is 0 Å². The van der Waals surface area contributed by atoms with E-state index in [-0.39, 0.29) is 0 Å². The Morgan fingerprint density at radius 2 is 1.95 bits per heavy atom. The Morgan fingerprint density at radius 3 is 2.62 bits per heavy atom. The van der Waals surface area contributed by atoms with Crippen LogP contribution in [0.1, 0.15) is 44.2 Å². The van der Waals surface area contributed by atoms with E-state index >= 15 is 0 Å². The van der Waals surface area contributed by atoms with Gasteiger partial charge in [0.1, 0.15) is 0 Å². The van der Waals surface area contributed by atoms with Crippen molar-refractivity contribution in [3.05, 3.63) is 29.8 Å². The van der Waals surface area contributed by atoms with Gasteiger partial charge in [-0.15, -0.1) is 11.8 Å². The zero-order valence-electron chi connectivity index (χ0n) is 13.4. The predicted molar refractivity (Wildman–Crippen MR) is 92.0 cm³/mol. The molecule has 0 aromatic heterocycles. The minimum Gasteiger partial charge on any atom is -0.316 e. The van der Waals surface area contributed by atoms with E-state index in [2.05, 4.69) is 47.7 Å². The second kappa shape index (κ2) is 6.72. The first-order valence-electron chi connectivity index (χ1n) is 8.31. The minimum atomic E-state index is 0.542. The Balaban J connectivity index is 1.69. The summed E-state index contributed by atoms with van der Waals surface area (Å²) >= 11 is 1.82. The molecule has 2 aliphatic heterocycles. The first kappa shape index (κ1) is 15.4. The van der Waals surface area contributed by atoms with Crippen molar-refractivity contribution in [1.82, 2.24) is 10.2 Å². The van der Waals surface area contributed by atoms with E-state index in [1.165, 1.54) is 62.3 Å². The van der Waals surface area contributed by atoms with Crippen molar-refractivity contribution >= 4 is 11.8 Å². The number of benzene rings is 1. The number of nitrogens with zero attached hydrogens (tertiary/aromatic N) is 1. The summed E-state index contributed by atoms with van der Waals surface area (Å²) in [6.45, 7) is 7.34. The molecular formula is C18H28N2S. The van der Waals surface area contributed by atoms with Gasteiger partial charge in [-0.3, -0.25) is 4.90 Å². The largest absolute Gasteiger partial charge is 0.316 e. The molecule has 2 atom stereocenters. The van der Waals surface area contributed by atoms with Crippen LogP contribution in [0.25, 0.3) is 0 Å². The maximum atomic E-state index is 3.63. The molecule has 2 unspecified atom stereocenters. The Labute approximate surface area is 133 Å². The fourth-order valence-corrected chi connectivity index (χ4v) is 4.46. The quantitative estimate of drug-likeness (QED) is 0.852. The molecule has 2 fully saturated rings. The molecular weight excluding hydrogens is 276 g/mol. The topological polar surface area (TPSA) is 15.3 Å². The van der Waals surface area contributed by atoms with E-state index in [9.17, 15) is 0 Å². The lowest BCUT2D eigenvalue weighted by molar-refractivity contribution is 0.0416. The highest BCUT2D eigenvalue weighted by Crippen LogP contribution is 2.38. The monoisotopic (exact) mass is 304 g/mol. The maximum Gasteiger partial charge on any atom is 0.0320 e. The molecule has 0 radical (unpaired) electrons. The Kier molecular flexibility index (Phi) is 4.92. The molecule has 0 aliphatic carbocycles. The van der Waals surface area contributed by atoms with Crippen LogP contribution >= 0.6 is 11.8 Å². The number of rotatable bonds is 3. The number of likely N-dealkylation sites (tertiary alicyclic amines) is 1. The van der Waals surface area contributed by atoms with Crippen LogP contribution < -0.4 is 5.32 Å². The van der Waals surface area contributed by atoms with Gasteiger partial charge in [-0.2, -0.15) is 0 Å². The van der Waals surface area contributed by atoms with Gasteiger partial charge in [0.15, 0.2) is 0 Å². The van der Waals surface area contributed by atoms with E-state index in [1.54, 1.807) is 0 Å². The standard InChI is InChI=1S/C18H28N2S/c1-15(16-5-7-17(21-2)8-6-16)20-12-4-10-18(14-20)9-3-11-19-13-18/h5-8,15,19H,3-4,9-14H2,1-2H3. The molecule has 2 nitrogen and oxygen atoms in total. The summed E-state index contributed by atoms with van der Waals surface area (Å²) in [6.07, 6.45) is 7.67. The highest BCUT2D eigenvalue weighted by atomic mass is 32.2. The molecule has 116 valence electrons. The van der Waals surface area contributed by atoms with Crippen molar-refractivity contribution in [2.24, 2.45) is 5.41 Å². The SMILES string of the molecule is CSc1ccc(C(C)N2CCCC3(CCCNC3)C2)cc1. The first-order valence-corrected chi connectivity index (χ1v) is 9.54. The molecule has 0 saturated carbocycles. The molecule has 1 spiro atoms. The van der Waals surface area contributed by atoms with Gasteiger partial charge in [0.25, 0.3) is 0 Å². The van der Waals surface area contributed by atoms with Crippen LogP contribution in [0.3, 0.4) is 0 Å². The number of thioether (sulfide) groups is 1. The van der Waals surface area contributed by atoms with E-state index in [4.69, 9.17) is 0 Å². The van der Waals surface area contributed by atoms with Crippen molar-refractivity contribution in [3.8, 4) is 0 Å². The molecule has 3 heteroatoms. The van der Waals surface area contributed by atoms with Crippen molar-refractivity contribution in [1.29, 1.82) is 0 Å². The normalized spacial score (nSPS) is 28.7. The second-order valence-electron chi connectivity index (χ2n) is 6.80. The Hall–Kier alpha value is -0.510. The highest BCUT2D eigenvalue weighted by molar-refractivity contribution is 7.98. The van der Waals surface area contributed by atoms with E-state index in [0.29, 0.717) is 11.5 Å². The molecule has 3 rings (SSSR count). The molecule has 0 bridgehead atoms. The lowest BCUT2D eigenvalue weighted by Gasteiger charge is -2.47. The molecule has 2 aliphatic rings. The zero-order valence-corrected chi connectivity index (χ0v) is 14.2. The summed E-state index contributed by atoms with van der Waals surface area (Å²) in [5, 5.41) is 3.63. The summed E-state index contributed by atoms with van der Waals surface area (Å²) in [6, 6.07) is 9.70. The third kappa shape index (κ3) is 3.46. The Morgan fingerprint density at radius 1 is 1.19 bits per heavy atom. The second-order valence-corrected chi connectivity index (χ2v) is 7.68. The smallest absolute Gasteiger partial charge is 0.0320 e. The lowest BCUT2D eigenvalue weighted by atomic mass is 9.74. The van der Waals surface area contributed by atoms with Crippen LogP contribution in [-0.2, 0) is 0 Å². The van der Waals surface area contributed by atoms with Crippen LogP contribution in [0, 0.1) is 5.41 Å². The van der Waals surface area contributed by atoms with Gasteiger partial charge in [-0.05, 0) is 75.1 Å². The predicted octanol–water partition coefficient (Wildman–Crippen LogP) is 3.94. The van der Waals surface area contributed by atoms with Crippen LogP contribution in [-0.4, -0.2) is 37.3 Å². The van der Waals surface area contributed by atoms with Crippen molar-refractivity contribution in [3.63, 3.8) is 0 Å². The van der Waals surface area contributed by atoms with E-state index in [0.717, 1.165) is 0 Å². The molecule has 1 aromatic carbocycles. The van der Waals surface area contributed by atoms with Crippen molar-refractivity contribution < 1.29 is 0 Å². The molecule has 1 aromatic rings. The first-order chi connectivity index (χ1) is 10.2. The van der Waals surface area contributed by atoms with Gasteiger partial charge in [-0.25, -0.2) is 0 Å². The van der Waals surface area contributed by atoms with Gasteiger partial charge in [0.2, 0.25) is 0 Å². The van der Waals surface area contributed by atoms with Gasteiger partial charge < -0.3 is 5.32 Å². The third-order valence-corrected chi connectivity index (χ3v) is 6.14. The lowest BCUT2D eigenvalue weighted by Crippen LogP contribution is -2.51. The summed E-state index contributed by atoms with van der Waals surface area (Å²) in [5.41, 5.74) is 2.01. The minimum absolute atomic E-state index is 0.542. The summed E-state index contributed by atoms with van der Waals surface area (Å²) < 4.78 is 0. The fourth-order valence-electron chi connectivity index (χ4n) is 4.05. The number of piperidine rings is 2. The molecule has 2 heterocycles. The van der Waals surface area contributed by atoms with E-state index < -0.39 is 0 Å². The van der Waals surface area contributed by atoms with Crippen LogP contribution in [0.2, 0.25) is 0 Å². The number of hydrogen-bond acceptors (Lipinski definition) is 3. The van der Waals surface area contributed by atoms with Gasteiger partial charge >= 0.3 is 0 Å². The summed E-state index contributed by atoms with van der Waals surface area (Å²) in [4.78, 5) is 4.07. The maximum absolute atomic E-state index is 3.63. The van der Waals surface area contributed by atoms with Crippen molar-refractivity contribution in [2.45, 2.75) is 43.5 Å². The molecule has 21 heavy (non-hydrogen) atoms. The van der Waals surface area contributed by atoms with Crippen molar-refractivity contribution in [2.75, 3.05) is 32.4 Å². The molecule has 0 amide bonds. The fraction of sp³-hybridized carbons (Fsp3) is 0.667. The van der Waals surface area contributed by atoms with Crippen LogP contribution in [0.15, 0.2) is 29.2 Å². The number of nitrogens with one attached hydrogen (secondary N) is 1. The summed E-state index contributed by atoms with van der Waals surface area (Å²) in [5.74, 6) is 0. The summed E-state index contributed by atoms with van der Waals surface area (Å²) in [7, 11) is 0.